The quantitative estimate of drug-likeness (QED) is 0.558. The van der Waals surface area contributed by atoms with Crippen molar-refractivity contribution in [3.05, 3.63) is 76.1 Å². The first-order valence-corrected chi connectivity index (χ1v) is 9.30. The lowest BCUT2D eigenvalue weighted by Gasteiger charge is -2.18. The Hall–Kier alpha value is -2.80. The first-order chi connectivity index (χ1) is 13.6. The number of amides is 1. The van der Waals surface area contributed by atoms with Gasteiger partial charge in [-0.1, -0.05) is 49.7 Å². The third-order valence-electron chi connectivity index (χ3n) is 4.45. The summed E-state index contributed by atoms with van der Waals surface area (Å²) in [6, 6.07) is 11.6. The molecule has 1 amide bonds. The molecule has 152 valence electrons. The van der Waals surface area contributed by atoms with E-state index >= 15 is 0 Å². The van der Waals surface area contributed by atoms with Crippen LogP contribution in [-0.4, -0.2) is 15.6 Å². The van der Waals surface area contributed by atoms with E-state index in [0.29, 0.717) is 27.8 Å². The maximum atomic E-state index is 13.3. The van der Waals surface area contributed by atoms with Crippen molar-refractivity contribution < 1.29 is 18.0 Å². The van der Waals surface area contributed by atoms with E-state index in [2.05, 4.69) is 10.4 Å². The maximum Gasteiger partial charge on any atom is 0.417 e. The van der Waals surface area contributed by atoms with Crippen LogP contribution in [0.3, 0.4) is 0 Å². The van der Waals surface area contributed by atoms with Crippen LogP contribution in [0.2, 0.25) is 5.02 Å². The molecule has 2 aromatic carbocycles. The van der Waals surface area contributed by atoms with Crippen LogP contribution in [0, 0.1) is 6.92 Å². The zero-order valence-electron chi connectivity index (χ0n) is 16.0. The third kappa shape index (κ3) is 4.15. The van der Waals surface area contributed by atoms with E-state index in [-0.39, 0.29) is 5.92 Å². The van der Waals surface area contributed by atoms with Crippen LogP contribution in [0.5, 0.6) is 0 Å². The number of carbonyl (C=O) groups excluding carboxylic acids is 1. The summed E-state index contributed by atoms with van der Waals surface area (Å²) in [5, 5.41) is 0.416. The Morgan fingerprint density at radius 2 is 1.72 bits per heavy atom. The fraction of sp³-hybridized carbons (Fsp3) is 0.238. The van der Waals surface area contributed by atoms with Gasteiger partial charge in [0.25, 0.3) is 5.91 Å². The number of nitrogens with zero attached hydrogens (tertiary/aromatic N) is 2. The number of carbonyl (C=O) groups is 1. The van der Waals surface area contributed by atoms with Gasteiger partial charge < -0.3 is 0 Å². The molecule has 0 unspecified atom stereocenters. The molecular formula is C21H19ClF3N3O. The number of alkyl halides is 3. The van der Waals surface area contributed by atoms with Crippen molar-refractivity contribution in [2.75, 3.05) is 5.43 Å². The van der Waals surface area contributed by atoms with E-state index in [1.807, 2.05) is 13.8 Å². The minimum absolute atomic E-state index is 0.0445. The predicted molar refractivity (Wildman–Crippen MR) is 107 cm³/mol. The van der Waals surface area contributed by atoms with Crippen molar-refractivity contribution in [1.29, 1.82) is 0 Å². The summed E-state index contributed by atoms with van der Waals surface area (Å²) in [5.74, 6) is -0.572. The Morgan fingerprint density at radius 3 is 2.34 bits per heavy atom. The van der Waals surface area contributed by atoms with Crippen LogP contribution < -0.4 is 5.43 Å². The number of imidazole rings is 1. The van der Waals surface area contributed by atoms with Crippen LogP contribution in [0.15, 0.2) is 48.5 Å². The highest BCUT2D eigenvalue weighted by Crippen LogP contribution is 2.33. The molecule has 1 aromatic heterocycles. The van der Waals surface area contributed by atoms with Gasteiger partial charge in [-0.05, 0) is 37.1 Å². The van der Waals surface area contributed by atoms with Crippen molar-refractivity contribution in [2.24, 2.45) is 0 Å². The van der Waals surface area contributed by atoms with Gasteiger partial charge in [0.1, 0.15) is 0 Å². The first-order valence-electron chi connectivity index (χ1n) is 8.93. The molecule has 29 heavy (non-hydrogen) atoms. The molecule has 0 fully saturated rings. The molecular weight excluding hydrogens is 403 g/mol. The number of halogens is 4. The molecule has 0 aliphatic carbocycles. The second-order valence-corrected chi connectivity index (χ2v) is 7.27. The summed E-state index contributed by atoms with van der Waals surface area (Å²) in [6.45, 7) is 5.60. The van der Waals surface area contributed by atoms with E-state index in [1.165, 1.54) is 16.8 Å². The van der Waals surface area contributed by atoms with E-state index < -0.39 is 23.2 Å². The average molecular weight is 422 g/mol. The smallest absolute Gasteiger partial charge is 0.267 e. The number of aromatic nitrogens is 2. The van der Waals surface area contributed by atoms with Gasteiger partial charge in [-0.25, -0.2) is 9.66 Å². The second-order valence-electron chi connectivity index (χ2n) is 6.86. The van der Waals surface area contributed by atoms with Crippen LogP contribution in [0.1, 0.15) is 47.1 Å². The summed E-state index contributed by atoms with van der Waals surface area (Å²) in [4.78, 5) is 17.4. The lowest BCUT2D eigenvalue weighted by atomic mass is 10.1. The zero-order chi connectivity index (χ0) is 21.3. The zero-order valence-corrected chi connectivity index (χ0v) is 16.8. The number of aryl methyl sites for hydroxylation is 1. The summed E-state index contributed by atoms with van der Waals surface area (Å²) in [7, 11) is 0. The van der Waals surface area contributed by atoms with E-state index in [1.54, 1.807) is 31.2 Å². The monoisotopic (exact) mass is 421 g/mol. The summed E-state index contributed by atoms with van der Waals surface area (Å²) in [6.07, 6.45) is -4.65. The molecule has 1 heterocycles. The normalized spacial score (nSPS) is 11.7. The molecule has 3 rings (SSSR count). The molecule has 0 atom stereocenters. The van der Waals surface area contributed by atoms with Gasteiger partial charge in [0, 0.05) is 5.56 Å². The number of hydrogen-bond donors (Lipinski definition) is 1. The second kappa shape index (κ2) is 7.91. The Balaban J connectivity index is 2.13. The fourth-order valence-corrected chi connectivity index (χ4v) is 3.46. The van der Waals surface area contributed by atoms with E-state index in [4.69, 9.17) is 11.6 Å². The van der Waals surface area contributed by atoms with Gasteiger partial charge in [-0.3, -0.25) is 10.2 Å². The molecule has 0 spiro atoms. The van der Waals surface area contributed by atoms with Crippen LogP contribution in [0.25, 0.3) is 11.4 Å². The summed E-state index contributed by atoms with van der Waals surface area (Å²) < 4.78 is 41.4. The average Bonchev–Trinajstić information content (AvgIpc) is 2.97. The molecule has 0 saturated heterocycles. The SMILES string of the molecule is Cc1nc(-c2ccccc2Cl)n(NC(=O)c2ccccc2C(F)(F)F)c1C(C)C. The van der Waals surface area contributed by atoms with Gasteiger partial charge in [-0.15, -0.1) is 0 Å². The van der Waals surface area contributed by atoms with Crippen molar-refractivity contribution in [3.8, 4) is 11.4 Å². The van der Waals surface area contributed by atoms with Crippen LogP contribution in [0.4, 0.5) is 13.2 Å². The Kier molecular flexibility index (Phi) is 5.71. The highest BCUT2D eigenvalue weighted by molar-refractivity contribution is 6.33. The van der Waals surface area contributed by atoms with Gasteiger partial charge >= 0.3 is 6.18 Å². The molecule has 0 aliphatic rings. The number of nitrogens with one attached hydrogen (secondary N) is 1. The maximum absolute atomic E-state index is 13.3. The standard InChI is InChI=1S/C21H19ClF3N3O/c1-12(2)18-13(3)26-19(15-9-5-7-11-17(15)22)28(18)27-20(29)14-8-4-6-10-16(14)21(23,24)25/h4-12H,1-3H3,(H,27,29). The van der Waals surface area contributed by atoms with Crippen molar-refractivity contribution in [1.82, 2.24) is 9.66 Å². The largest absolute Gasteiger partial charge is 0.417 e. The Morgan fingerprint density at radius 1 is 1.10 bits per heavy atom. The molecule has 0 aliphatic heterocycles. The van der Waals surface area contributed by atoms with Gasteiger partial charge in [0.15, 0.2) is 5.82 Å². The minimum Gasteiger partial charge on any atom is -0.267 e. The molecule has 1 N–H and O–H groups in total. The van der Waals surface area contributed by atoms with Gasteiger partial charge in [-0.2, -0.15) is 13.2 Å². The van der Waals surface area contributed by atoms with Gasteiger partial charge in [0.05, 0.1) is 27.5 Å². The topological polar surface area (TPSA) is 46.9 Å². The first kappa shape index (κ1) is 20.9. The molecule has 8 heteroatoms. The highest BCUT2D eigenvalue weighted by atomic mass is 35.5. The Bertz CT molecular complexity index is 1060. The number of benzene rings is 2. The highest BCUT2D eigenvalue weighted by Gasteiger charge is 2.35. The molecule has 3 aromatic rings. The van der Waals surface area contributed by atoms with Crippen LogP contribution >= 0.6 is 11.6 Å². The molecule has 0 bridgehead atoms. The van der Waals surface area contributed by atoms with E-state index in [0.717, 1.165) is 12.1 Å². The Labute approximate surface area is 171 Å². The van der Waals surface area contributed by atoms with Crippen molar-refractivity contribution in [2.45, 2.75) is 32.9 Å². The van der Waals surface area contributed by atoms with Crippen molar-refractivity contribution in [3.63, 3.8) is 0 Å². The van der Waals surface area contributed by atoms with E-state index in [9.17, 15) is 18.0 Å². The third-order valence-corrected chi connectivity index (χ3v) is 4.78. The predicted octanol–water partition coefficient (Wildman–Crippen LogP) is 6.04. The lowest BCUT2D eigenvalue weighted by Crippen LogP contribution is -2.28. The fourth-order valence-electron chi connectivity index (χ4n) is 3.24. The summed E-state index contributed by atoms with van der Waals surface area (Å²) >= 11 is 6.30. The van der Waals surface area contributed by atoms with Crippen LogP contribution in [-0.2, 0) is 6.18 Å². The molecule has 0 saturated carbocycles. The van der Waals surface area contributed by atoms with Gasteiger partial charge in [0.2, 0.25) is 0 Å². The summed E-state index contributed by atoms with van der Waals surface area (Å²) in [5.41, 5.74) is 3.02. The van der Waals surface area contributed by atoms with Crippen molar-refractivity contribution >= 4 is 17.5 Å². The number of hydrogen-bond acceptors (Lipinski definition) is 2. The lowest BCUT2D eigenvalue weighted by molar-refractivity contribution is -0.137. The minimum atomic E-state index is -4.65. The molecule has 4 nitrogen and oxygen atoms in total. The molecule has 0 radical (unpaired) electrons. The number of rotatable bonds is 4.